The Morgan fingerprint density at radius 1 is 1.18 bits per heavy atom. The normalized spacial score (nSPS) is 23.0. The van der Waals surface area contributed by atoms with Gasteiger partial charge < -0.3 is 14.8 Å². The van der Waals surface area contributed by atoms with Crippen molar-refractivity contribution >= 4 is 0 Å². The molecule has 0 spiro atoms. The van der Waals surface area contributed by atoms with Gasteiger partial charge in [0, 0.05) is 17.6 Å². The zero-order valence-corrected chi connectivity index (χ0v) is 14.7. The molecule has 1 N–H and O–H groups in total. The van der Waals surface area contributed by atoms with E-state index < -0.39 is 0 Å². The lowest BCUT2D eigenvalue weighted by atomic mass is 9.87. The average molecular weight is 306 g/mol. The summed E-state index contributed by atoms with van der Waals surface area (Å²) < 4.78 is 11.7. The Balaban J connectivity index is 1.76. The molecule has 0 bridgehead atoms. The molecule has 124 valence electrons. The molecule has 0 aromatic carbocycles. The van der Waals surface area contributed by atoms with Crippen molar-refractivity contribution in [3.8, 4) is 11.6 Å². The van der Waals surface area contributed by atoms with E-state index in [4.69, 9.17) is 9.47 Å². The maximum Gasteiger partial charge on any atom is 0.213 e. The van der Waals surface area contributed by atoms with Crippen LogP contribution in [0.2, 0.25) is 0 Å². The van der Waals surface area contributed by atoms with Gasteiger partial charge in [-0.3, -0.25) is 0 Å². The monoisotopic (exact) mass is 306 g/mol. The van der Waals surface area contributed by atoms with Crippen molar-refractivity contribution in [1.29, 1.82) is 0 Å². The minimum atomic E-state index is 0.167. The van der Waals surface area contributed by atoms with Crippen LogP contribution >= 0.6 is 0 Å². The van der Waals surface area contributed by atoms with E-state index in [1.807, 2.05) is 12.1 Å². The molecule has 1 atom stereocenters. The molecule has 1 aliphatic rings. The van der Waals surface area contributed by atoms with E-state index in [1.165, 1.54) is 0 Å². The number of aromatic nitrogens is 1. The average Bonchev–Trinajstić information content (AvgIpc) is 2.36. The fourth-order valence-electron chi connectivity index (χ4n) is 2.42. The van der Waals surface area contributed by atoms with E-state index in [-0.39, 0.29) is 17.7 Å². The van der Waals surface area contributed by atoms with Crippen LogP contribution in [0.3, 0.4) is 0 Å². The molecule has 0 saturated heterocycles. The van der Waals surface area contributed by atoms with Gasteiger partial charge in [-0.15, -0.1) is 0 Å². The Bertz CT molecular complexity index is 459. The molecule has 1 aliphatic carbocycles. The molecular weight excluding hydrogens is 276 g/mol. The SMILES string of the molecule is CC(C)[C@H](C)Oc1ccc(O[C@H]2C[C@@H](NC(C)(C)C)C2)nc1. The summed E-state index contributed by atoms with van der Waals surface area (Å²) >= 11 is 0. The Morgan fingerprint density at radius 3 is 2.36 bits per heavy atom. The van der Waals surface area contributed by atoms with E-state index >= 15 is 0 Å². The summed E-state index contributed by atoms with van der Waals surface area (Å²) in [6.07, 6.45) is 4.29. The Morgan fingerprint density at radius 2 is 1.86 bits per heavy atom. The van der Waals surface area contributed by atoms with Crippen molar-refractivity contribution in [2.75, 3.05) is 0 Å². The second kappa shape index (κ2) is 6.86. The van der Waals surface area contributed by atoms with Crippen LogP contribution in [-0.2, 0) is 0 Å². The molecule has 2 rings (SSSR count). The molecule has 1 aromatic heterocycles. The molecule has 1 heterocycles. The van der Waals surface area contributed by atoms with Gasteiger partial charge in [-0.25, -0.2) is 4.98 Å². The topological polar surface area (TPSA) is 43.4 Å². The predicted octanol–water partition coefficient (Wildman–Crippen LogP) is 3.80. The highest BCUT2D eigenvalue weighted by molar-refractivity contribution is 5.23. The van der Waals surface area contributed by atoms with Crippen molar-refractivity contribution in [2.45, 2.75) is 78.2 Å². The summed E-state index contributed by atoms with van der Waals surface area (Å²) in [5.74, 6) is 1.97. The summed E-state index contributed by atoms with van der Waals surface area (Å²) in [5, 5.41) is 3.59. The van der Waals surface area contributed by atoms with Crippen molar-refractivity contribution in [3.63, 3.8) is 0 Å². The number of rotatable bonds is 6. The van der Waals surface area contributed by atoms with Crippen molar-refractivity contribution in [2.24, 2.45) is 5.92 Å². The fourth-order valence-corrected chi connectivity index (χ4v) is 2.42. The quantitative estimate of drug-likeness (QED) is 0.868. The smallest absolute Gasteiger partial charge is 0.213 e. The molecular formula is C18H30N2O2. The van der Waals surface area contributed by atoms with Gasteiger partial charge in [-0.05, 0) is 52.5 Å². The third-order valence-corrected chi connectivity index (χ3v) is 3.99. The summed E-state index contributed by atoms with van der Waals surface area (Å²) in [7, 11) is 0. The number of nitrogens with zero attached hydrogens (tertiary/aromatic N) is 1. The molecule has 4 nitrogen and oxygen atoms in total. The van der Waals surface area contributed by atoms with Crippen molar-refractivity contribution in [3.05, 3.63) is 18.3 Å². The van der Waals surface area contributed by atoms with Crippen molar-refractivity contribution < 1.29 is 9.47 Å². The van der Waals surface area contributed by atoms with Crippen LogP contribution in [0.1, 0.15) is 54.4 Å². The fraction of sp³-hybridized carbons (Fsp3) is 0.722. The minimum Gasteiger partial charge on any atom is -0.489 e. The maximum absolute atomic E-state index is 5.90. The van der Waals surface area contributed by atoms with Crippen LogP contribution in [0, 0.1) is 5.92 Å². The van der Waals surface area contributed by atoms with Gasteiger partial charge >= 0.3 is 0 Å². The van der Waals surface area contributed by atoms with Crippen LogP contribution in [0.15, 0.2) is 18.3 Å². The third-order valence-electron chi connectivity index (χ3n) is 3.99. The molecule has 0 aliphatic heterocycles. The molecule has 0 radical (unpaired) electrons. The van der Waals surface area contributed by atoms with E-state index in [2.05, 4.69) is 51.8 Å². The lowest BCUT2D eigenvalue weighted by molar-refractivity contribution is 0.0692. The van der Waals surface area contributed by atoms with Gasteiger partial charge in [0.25, 0.3) is 0 Å². The summed E-state index contributed by atoms with van der Waals surface area (Å²) in [5.41, 5.74) is 0.167. The number of hydrogen-bond donors (Lipinski definition) is 1. The highest BCUT2D eigenvalue weighted by Crippen LogP contribution is 2.27. The van der Waals surface area contributed by atoms with Crippen LogP contribution in [-0.4, -0.2) is 28.8 Å². The van der Waals surface area contributed by atoms with Crippen LogP contribution in [0.4, 0.5) is 0 Å². The first kappa shape index (κ1) is 17.1. The number of pyridine rings is 1. The van der Waals surface area contributed by atoms with E-state index in [9.17, 15) is 0 Å². The molecule has 1 aromatic rings. The first-order valence-corrected chi connectivity index (χ1v) is 8.30. The van der Waals surface area contributed by atoms with Gasteiger partial charge in [0.2, 0.25) is 5.88 Å². The van der Waals surface area contributed by atoms with Crippen LogP contribution in [0.5, 0.6) is 11.6 Å². The highest BCUT2D eigenvalue weighted by atomic mass is 16.5. The summed E-state index contributed by atoms with van der Waals surface area (Å²) in [4.78, 5) is 4.34. The molecule has 0 amide bonds. The van der Waals surface area contributed by atoms with Crippen LogP contribution < -0.4 is 14.8 Å². The number of hydrogen-bond acceptors (Lipinski definition) is 4. The second-order valence-corrected chi connectivity index (χ2v) is 7.70. The van der Waals surface area contributed by atoms with Gasteiger partial charge in [0.1, 0.15) is 11.9 Å². The molecule has 4 heteroatoms. The third kappa shape index (κ3) is 5.16. The highest BCUT2D eigenvalue weighted by Gasteiger charge is 2.33. The van der Waals surface area contributed by atoms with E-state index in [1.54, 1.807) is 6.20 Å². The largest absolute Gasteiger partial charge is 0.489 e. The Labute approximate surface area is 134 Å². The molecule has 0 unspecified atom stereocenters. The molecule has 1 fully saturated rings. The summed E-state index contributed by atoms with van der Waals surface area (Å²) in [6, 6.07) is 4.39. The van der Waals surface area contributed by atoms with Gasteiger partial charge in [0.15, 0.2) is 0 Å². The zero-order valence-electron chi connectivity index (χ0n) is 14.7. The molecule has 22 heavy (non-hydrogen) atoms. The predicted molar refractivity (Wildman–Crippen MR) is 89.5 cm³/mol. The Hall–Kier alpha value is -1.29. The van der Waals surface area contributed by atoms with E-state index in [0.717, 1.165) is 18.6 Å². The lowest BCUT2D eigenvalue weighted by Gasteiger charge is -2.39. The Kier molecular flexibility index (Phi) is 5.32. The first-order chi connectivity index (χ1) is 10.2. The van der Waals surface area contributed by atoms with Crippen molar-refractivity contribution in [1.82, 2.24) is 10.3 Å². The van der Waals surface area contributed by atoms with E-state index in [0.29, 0.717) is 17.8 Å². The first-order valence-electron chi connectivity index (χ1n) is 8.30. The summed E-state index contributed by atoms with van der Waals surface area (Å²) in [6.45, 7) is 13.0. The maximum atomic E-state index is 5.90. The number of ether oxygens (including phenoxy) is 2. The van der Waals surface area contributed by atoms with Crippen LogP contribution in [0.25, 0.3) is 0 Å². The second-order valence-electron chi connectivity index (χ2n) is 7.70. The lowest BCUT2D eigenvalue weighted by Crippen LogP contribution is -2.53. The van der Waals surface area contributed by atoms with Gasteiger partial charge in [0.05, 0.1) is 12.3 Å². The standard InChI is InChI=1S/C18H30N2O2/c1-12(2)13(3)21-15-7-8-17(19-11-15)22-16-9-14(10-16)20-18(4,5)6/h7-8,11-14,16,20H,9-10H2,1-6H3/t13-,14-,16+/m0/s1. The molecule has 1 saturated carbocycles. The zero-order chi connectivity index (χ0) is 16.3. The van der Waals surface area contributed by atoms with Gasteiger partial charge in [-0.1, -0.05) is 13.8 Å². The van der Waals surface area contributed by atoms with Gasteiger partial charge in [-0.2, -0.15) is 0 Å². The number of nitrogens with one attached hydrogen (secondary N) is 1. The minimum absolute atomic E-state index is 0.167.